The van der Waals surface area contributed by atoms with Crippen LogP contribution in [0.4, 0.5) is 0 Å². The lowest BCUT2D eigenvalue weighted by atomic mass is 9.83. The minimum Gasteiger partial charge on any atom is -0.393 e. The number of aliphatic hydroxyl groups is 1. The molecular formula is C9H15NO2. The molecule has 3 aliphatic heterocycles. The molecule has 3 aliphatic rings. The number of hydrogen-bond acceptors (Lipinski definition) is 3. The van der Waals surface area contributed by atoms with Gasteiger partial charge in [-0.15, -0.1) is 0 Å². The fourth-order valence-electron chi connectivity index (χ4n) is 2.87. The van der Waals surface area contributed by atoms with Crippen LogP contribution in [0.5, 0.6) is 0 Å². The highest BCUT2D eigenvalue weighted by Crippen LogP contribution is 2.43. The van der Waals surface area contributed by atoms with E-state index >= 15 is 0 Å². The normalized spacial score (nSPS) is 58.0. The lowest BCUT2D eigenvalue weighted by Gasteiger charge is -2.43. The molecule has 0 aromatic carbocycles. The Labute approximate surface area is 72.3 Å². The summed E-state index contributed by atoms with van der Waals surface area (Å²) in [4.78, 5) is 2.40. The number of likely N-dealkylation sites (N-methyl/N-ethyl adjacent to an activating group) is 1. The number of nitrogens with zero attached hydrogens (tertiary/aromatic N) is 1. The molecule has 0 saturated carbocycles. The first kappa shape index (κ1) is 7.30. The third-order valence-corrected chi connectivity index (χ3v) is 3.66. The quantitative estimate of drug-likeness (QED) is 0.518. The molecule has 0 aromatic heterocycles. The number of epoxide rings is 1. The van der Waals surface area contributed by atoms with Crippen molar-refractivity contribution in [3.63, 3.8) is 0 Å². The second-order valence-electron chi connectivity index (χ2n) is 4.39. The molecule has 3 nitrogen and oxygen atoms in total. The number of rotatable bonds is 0. The van der Waals surface area contributed by atoms with Crippen LogP contribution in [0.15, 0.2) is 0 Å². The molecule has 5 atom stereocenters. The van der Waals surface area contributed by atoms with E-state index in [0.29, 0.717) is 24.3 Å². The standard InChI is InChI=1S/C9H15NO2/c1-10-5-2-6(11)4-7(10)9-8(3-5)12-9/h5-9,11H,2-4H2,1H3. The van der Waals surface area contributed by atoms with Gasteiger partial charge < -0.3 is 9.84 Å². The van der Waals surface area contributed by atoms with E-state index in [1.54, 1.807) is 0 Å². The van der Waals surface area contributed by atoms with Crippen molar-refractivity contribution in [3.8, 4) is 0 Å². The molecule has 0 amide bonds. The summed E-state index contributed by atoms with van der Waals surface area (Å²) in [6, 6.07) is 1.07. The van der Waals surface area contributed by atoms with Crippen LogP contribution in [-0.4, -0.2) is 47.4 Å². The van der Waals surface area contributed by atoms with Crippen molar-refractivity contribution in [1.29, 1.82) is 0 Å². The Hall–Kier alpha value is -0.120. The molecule has 2 bridgehead atoms. The van der Waals surface area contributed by atoms with Gasteiger partial charge in [-0.25, -0.2) is 0 Å². The molecule has 3 saturated heterocycles. The Morgan fingerprint density at radius 3 is 3.00 bits per heavy atom. The van der Waals surface area contributed by atoms with Gasteiger partial charge in [-0.3, -0.25) is 4.90 Å². The van der Waals surface area contributed by atoms with Gasteiger partial charge in [0, 0.05) is 12.1 Å². The first-order valence-electron chi connectivity index (χ1n) is 4.81. The zero-order valence-corrected chi connectivity index (χ0v) is 7.31. The fourth-order valence-corrected chi connectivity index (χ4v) is 2.87. The van der Waals surface area contributed by atoms with Gasteiger partial charge >= 0.3 is 0 Å². The van der Waals surface area contributed by atoms with E-state index in [1.165, 1.54) is 0 Å². The molecule has 0 spiro atoms. The molecule has 5 unspecified atom stereocenters. The third kappa shape index (κ3) is 0.873. The Morgan fingerprint density at radius 2 is 2.17 bits per heavy atom. The molecule has 1 N–H and O–H groups in total. The number of ether oxygens (including phenoxy) is 1. The zero-order valence-electron chi connectivity index (χ0n) is 7.31. The summed E-state index contributed by atoms with van der Waals surface area (Å²) < 4.78 is 5.56. The van der Waals surface area contributed by atoms with E-state index in [4.69, 9.17) is 4.74 Å². The van der Waals surface area contributed by atoms with E-state index in [1.807, 2.05) is 0 Å². The lowest BCUT2D eigenvalue weighted by molar-refractivity contribution is -0.00178. The first-order valence-corrected chi connectivity index (χ1v) is 4.81. The zero-order chi connectivity index (χ0) is 8.29. The maximum Gasteiger partial charge on any atom is 0.0998 e. The maximum absolute atomic E-state index is 9.59. The van der Waals surface area contributed by atoms with Gasteiger partial charge in [0.1, 0.15) is 0 Å². The Kier molecular flexibility index (Phi) is 1.35. The Bertz CT molecular complexity index is 207. The van der Waals surface area contributed by atoms with Gasteiger partial charge in [0.05, 0.1) is 18.3 Å². The summed E-state index contributed by atoms with van der Waals surface area (Å²) >= 11 is 0. The summed E-state index contributed by atoms with van der Waals surface area (Å²) in [7, 11) is 2.17. The number of piperidine rings is 2. The van der Waals surface area contributed by atoms with Crippen LogP contribution in [0, 0.1) is 0 Å². The van der Waals surface area contributed by atoms with Crippen molar-refractivity contribution < 1.29 is 9.84 Å². The summed E-state index contributed by atoms with van der Waals surface area (Å²) in [6.45, 7) is 0. The molecule has 3 heterocycles. The van der Waals surface area contributed by atoms with Gasteiger partial charge in [0.25, 0.3) is 0 Å². The third-order valence-electron chi connectivity index (χ3n) is 3.66. The molecular weight excluding hydrogens is 154 g/mol. The van der Waals surface area contributed by atoms with Gasteiger partial charge in [0.15, 0.2) is 0 Å². The molecule has 3 fully saturated rings. The average molecular weight is 169 g/mol. The van der Waals surface area contributed by atoms with Crippen LogP contribution in [-0.2, 0) is 4.74 Å². The van der Waals surface area contributed by atoms with Crippen molar-refractivity contribution in [3.05, 3.63) is 0 Å². The van der Waals surface area contributed by atoms with Crippen LogP contribution < -0.4 is 0 Å². The monoisotopic (exact) mass is 169 g/mol. The van der Waals surface area contributed by atoms with Crippen LogP contribution in [0.1, 0.15) is 19.3 Å². The molecule has 0 radical (unpaired) electrons. The van der Waals surface area contributed by atoms with Crippen molar-refractivity contribution in [2.75, 3.05) is 7.05 Å². The topological polar surface area (TPSA) is 36.0 Å². The predicted molar refractivity (Wildman–Crippen MR) is 43.9 cm³/mol. The second-order valence-corrected chi connectivity index (χ2v) is 4.39. The minimum atomic E-state index is -0.0821. The molecule has 68 valence electrons. The lowest BCUT2D eigenvalue weighted by Crippen LogP contribution is -2.54. The highest BCUT2D eigenvalue weighted by atomic mass is 16.6. The van der Waals surface area contributed by atoms with E-state index in [-0.39, 0.29) is 6.10 Å². The number of hydrogen-bond donors (Lipinski definition) is 1. The van der Waals surface area contributed by atoms with E-state index < -0.39 is 0 Å². The van der Waals surface area contributed by atoms with Gasteiger partial charge in [-0.1, -0.05) is 0 Å². The number of aliphatic hydroxyl groups excluding tert-OH is 1. The van der Waals surface area contributed by atoms with Crippen LogP contribution in [0.25, 0.3) is 0 Å². The van der Waals surface area contributed by atoms with Crippen LogP contribution in [0.3, 0.4) is 0 Å². The highest BCUT2D eigenvalue weighted by molar-refractivity contribution is 5.07. The summed E-state index contributed by atoms with van der Waals surface area (Å²) in [5, 5.41) is 9.59. The highest BCUT2D eigenvalue weighted by Gasteiger charge is 2.55. The molecule has 12 heavy (non-hydrogen) atoms. The summed E-state index contributed by atoms with van der Waals surface area (Å²) in [5.41, 5.74) is 0. The predicted octanol–water partition coefficient (Wildman–Crippen LogP) is -0.0188. The molecule has 3 heteroatoms. The second kappa shape index (κ2) is 2.22. The Morgan fingerprint density at radius 1 is 1.33 bits per heavy atom. The van der Waals surface area contributed by atoms with Gasteiger partial charge in [-0.2, -0.15) is 0 Å². The van der Waals surface area contributed by atoms with Crippen molar-refractivity contribution in [2.24, 2.45) is 0 Å². The maximum atomic E-state index is 9.59. The Balaban J connectivity index is 1.85. The van der Waals surface area contributed by atoms with E-state index in [2.05, 4.69) is 11.9 Å². The first-order chi connectivity index (χ1) is 5.75. The number of fused-ring (bicyclic) bond motifs is 4. The summed E-state index contributed by atoms with van der Waals surface area (Å²) in [5.74, 6) is 0. The van der Waals surface area contributed by atoms with Crippen molar-refractivity contribution in [2.45, 2.75) is 49.7 Å². The minimum absolute atomic E-state index is 0.0821. The van der Waals surface area contributed by atoms with Gasteiger partial charge in [0.2, 0.25) is 0 Å². The fraction of sp³-hybridized carbons (Fsp3) is 1.00. The molecule has 0 aliphatic carbocycles. The smallest absolute Gasteiger partial charge is 0.0998 e. The van der Waals surface area contributed by atoms with Crippen LogP contribution >= 0.6 is 0 Å². The SMILES string of the molecule is CN1C2CC(O)CC1C1OC1C2. The van der Waals surface area contributed by atoms with E-state index in [9.17, 15) is 5.11 Å². The molecule has 3 rings (SSSR count). The molecule has 0 aromatic rings. The largest absolute Gasteiger partial charge is 0.393 e. The van der Waals surface area contributed by atoms with E-state index in [0.717, 1.165) is 19.3 Å². The van der Waals surface area contributed by atoms with Crippen LogP contribution in [0.2, 0.25) is 0 Å². The van der Waals surface area contributed by atoms with Crippen molar-refractivity contribution in [1.82, 2.24) is 4.90 Å². The van der Waals surface area contributed by atoms with Crippen molar-refractivity contribution >= 4 is 0 Å². The van der Waals surface area contributed by atoms with Gasteiger partial charge in [-0.05, 0) is 26.3 Å². The summed E-state index contributed by atoms with van der Waals surface area (Å²) in [6.07, 6.45) is 3.88. The average Bonchev–Trinajstić information content (AvgIpc) is 2.72.